The molecule has 0 aliphatic rings. The fourth-order valence-electron chi connectivity index (χ4n) is 1.22. The maximum absolute atomic E-state index is 5.73. The van der Waals surface area contributed by atoms with Crippen LogP contribution in [0.3, 0.4) is 0 Å². The molecule has 14 heavy (non-hydrogen) atoms. The van der Waals surface area contributed by atoms with Crippen molar-refractivity contribution in [3.8, 4) is 0 Å². The summed E-state index contributed by atoms with van der Waals surface area (Å²) in [5.74, 6) is 0. The second-order valence-corrected chi connectivity index (χ2v) is 6.41. The molecule has 0 amide bonds. The lowest BCUT2D eigenvalue weighted by Gasteiger charge is -2.23. The van der Waals surface area contributed by atoms with Gasteiger partial charge in [-0.1, -0.05) is 0 Å². The van der Waals surface area contributed by atoms with Crippen LogP contribution in [0.15, 0.2) is 0 Å². The van der Waals surface area contributed by atoms with Crippen LogP contribution in [0.5, 0.6) is 0 Å². The van der Waals surface area contributed by atoms with Crippen LogP contribution in [0, 0.1) is 0 Å². The lowest BCUT2D eigenvalue weighted by atomic mass is 10.5. The van der Waals surface area contributed by atoms with E-state index in [2.05, 4.69) is 0 Å². The molecule has 0 saturated heterocycles. The summed E-state index contributed by atoms with van der Waals surface area (Å²) in [5.41, 5.74) is 0. The van der Waals surface area contributed by atoms with Crippen LogP contribution in [0.2, 0.25) is 0 Å². The molecule has 0 aromatic heterocycles. The minimum absolute atomic E-state index is 0.130. The molecule has 3 nitrogen and oxygen atoms in total. The first-order valence-electron chi connectivity index (χ1n) is 5.17. The molecular weight excluding hydrogens is 199 g/mol. The van der Waals surface area contributed by atoms with E-state index in [1.807, 2.05) is 48.2 Å². The van der Waals surface area contributed by atoms with E-state index in [1.165, 1.54) is 0 Å². The Kier molecular flexibility index (Phi) is 6.15. The molecule has 0 aromatic rings. The van der Waals surface area contributed by atoms with Gasteiger partial charge in [-0.05, 0) is 41.5 Å². The second-order valence-electron chi connectivity index (χ2n) is 4.23. The van der Waals surface area contributed by atoms with Gasteiger partial charge in [0.25, 0.3) is 0 Å². The van der Waals surface area contributed by atoms with Crippen LogP contribution >= 0.6 is 7.94 Å². The van der Waals surface area contributed by atoms with Gasteiger partial charge in [-0.2, -0.15) is 13.6 Å². The predicted molar refractivity (Wildman–Crippen MR) is 61.5 cm³/mol. The molecule has 0 saturated carbocycles. The molecule has 0 aromatic carbocycles. The summed E-state index contributed by atoms with van der Waals surface area (Å²) in [5, 5.41) is 0. The quantitative estimate of drug-likeness (QED) is 0.643. The molecule has 86 valence electrons. The standard InChI is InChI=1S/C10H24O3P/c1-8(2)11-14(7,12-9(3)4)13-10(5)6/h8-10H,1-7H3/q+1. The van der Waals surface area contributed by atoms with Gasteiger partial charge in [0.15, 0.2) is 0 Å². The third-order valence-corrected chi connectivity index (χ3v) is 3.62. The Balaban J connectivity index is 4.32. The molecule has 0 spiro atoms. The van der Waals surface area contributed by atoms with Crippen molar-refractivity contribution in [2.24, 2.45) is 0 Å². The van der Waals surface area contributed by atoms with Gasteiger partial charge in [0, 0.05) is 0 Å². The fraction of sp³-hybridized carbons (Fsp3) is 1.00. The van der Waals surface area contributed by atoms with Gasteiger partial charge >= 0.3 is 7.94 Å². The van der Waals surface area contributed by atoms with E-state index in [0.29, 0.717) is 0 Å². The van der Waals surface area contributed by atoms with Gasteiger partial charge in [-0.25, -0.2) is 0 Å². The molecule has 0 rings (SSSR count). The molecule has 0 fully saturated rings. The van der Waals surface area contributed by atoms with E-state index in [1.54, 1.807) is 0 Å². The molecule has 0 N–H and O–H groups in total. The first kappa shape index (κ1) is 14.3. The first-order valence-corrected chi connectivity index (χ1v) is 7.16. The highest BCUT2D eigenvalue weighted by atomic mass is 31.2. The van der Waals surface area contributed by atoms with Crippen LogP contribution < -0.4 is 0 Å². The zero-order valence-electron chi connectivity index (χ0n) is 10.4. The van der Waals surface area contributed by atoms with E-state index in [0.717, 1.165) is 0 Å². The summed E-state index contributed by atoms with van der Waals surface area (Å²) >= 11 is 0. The van der Waals surface area contributed by atoms with Crippen molar-refractivity contribution in [3.05, 3.63) is 0 Å². The molecule has 0 bridgehead atoms. The Labute approximate surface area is 88.7 Å². The van der Waals surface area contributed by atoms with E-state index in [-0.39, 0.29) is 18.3 Å². The second kappa shape index (κ2) is 6.02. The number of hydrogen-bond donors (Lipinski definition) is 0. The maximum atomic E-state index is 5.73. The fourth-order valence-corrected chi connectivity index (χ4v) is 3.67. The summed E-state index contributed by atoms with van der Waals surface area (Å²) in [6.45, 7) is 13.9. The maximum Gasteiger partial charge on any atom is 0.408 e. The third kappa shape index (κ3) is 6.72. The van der Waals surface area contributed by atoms with Crippen LogP contribution in [-0.2, 0) is 13.6 Å². The average Bonchev–Trinajstić information content (AvgIpc) is 1.76. The molecule has 0 unspecified atom stereocenters. The minimum atomic E-state index is -2.14. The normalized spacial score (nSPS) is 13.3. The van der Waals surface area contributed by atoms with Gasteiger partial charge < -0.3 is 0 Å². The topological polar surface area (TPSA) is 27.7 Å². The Bertz CT molecular complexity index is 131. The Morgan fingerprint density at radius 1 is 0.643 bits per heavy atom. The Morgan fingerprint density at radius 2 is 0.857 bits per heavy atom. The van der Waals surface area contributed by atoms with Crippen molar-refractivity contribution in [2.75, 3.05) is 6.66 Å². The van der Waals surface area contributed by atoms with Gasteiger partial charge in [0.05, 0.1) is 0 Å². The zero-order valence-corrected chi connectivity index (χ0v) is 11.3. The molecule has 0 heterocycles. The zero-order chi connectivity index (χ0) is 11.4. The van der Waals surface area contributed by atoms with Crippen molar-refractivity contribution in [1.29, 1.82) is 0 Å². The van der Waals surface area contributed by atoms with E-state index in [4.69, 9.17) is 13.6 Å². The van der Waals surface area contributed by atoms with E-state index in [9.17, 15) is 0 Å². The third-order valence-electron chi connectivity index (χ3n) is 1.21. The van der Waals surface area contributed by atoms with Crippen molar-refractivity contribution in [2.45, 2.75) is 59.9 Å². The summed E-state index contributed by atoms with van der Waals surface area (Å²) in [6.07, 6.45) is 0.391. The average molecular weight is 223 g/mol. The largest absolute Gasteiger partial charge is 0.408 e. The summed E-state index contributed by atoms with van der Waals surface area (Å²) in [6, 6.07) is 0. The SMILES string of the molecule is CC(C)O[P+](C)(OC(C)C)OC(C)C. The van der Waals surface area contributed by atoms with Gasteiger partial charge in [-0.15, -0.1) is 0 Å². The van der Waals surface area contributed by atoms with Crippen LogP contribution in [0.1, 0.15) is 41.5 Å². The van der Waals surface area contributed by atoms with Crippen molar-refractivity contribution in [3.63, 3.8) is 0 Å². The van der Waals surface area contributed by atoms with Gasteiger partial charge in [0.1, 0.15) is 25.0 Å². The lowest BCUT2D eigenvalue weighted by molar-refractivity contribution is 0.0775. The summed E-state index contributed by atoms with van der Waals surface area (Å²) < 4.78 is 17.2. The number of hydrogen-bond acceptors (Lipinski definition) is 3. The van der Waals surface area contributed by atoms with E-state index >= 15 is 0 Å². The number of rotatable bonds is 6. The summed E-state index contributed by atoms with van der Waals surface area (Å²) in [7, 11) is -2.14. The van der Waals surface area contributed by atoms with Crippen molar-refractivity contribution >= 4 is 7.94 Å². The highest BCUT2D eigenvalue weighted by molar-refractivity contribution is 7.60. The van der Waals surface area contributed by atoms with Crippen molar-refractivity contribution < 1.29 is 13.6 Å². The Hall–Kier alpha value is 0.310. The molecule has 0 atom stereocenters. The van der Waals surface area contributed by atoms with E-state index < -0.39 is 7.94 Å². The van der Waals surface area contributed by atoms with Crippen LogP contribution in [0.25, 0.3) is 0 Å². The molecule has 0 aliphatic heterocycles. The van der Waals surface area contributed by atoms with Crippen LogP contribution in [0.4, 0.5) is 0 Å². The molecule has 0 aliphatic carbocycles. The molecular formula is C10H24O3P+. The predicted octanol–water partition coefficient (Wildman–Crippen LogP) is 3.65. The smallest absolute Gasteiger partial charge is 0.175 e. The minimum Gasteiger partial charge on any atom is -0.175 e. The highest BCUT2D eigenvalue weighted by Gasteiger charge is 2.42. The summed E-state index contributed by atoms with van der Waals surface area (Å²) in [4.78, 5) is 0. The molecule has 0 radical (unpaired) electrons. The lowest BCUT2D eigenvalue weighted by Crippen LogP contribution is -2.17. The monoisotopic (exact) mass is 223 g/mol. The van der Waals surface area contributed by atoms with Crippen molar-refractivity contribution in [1.82, 2.24) is 0 Å². The van der Waals surface area contributed by atoms with Gasteiger partial charge in [-0.3, -0.25) is 0 Å². The van der Waals surface area contributed by atoms with Gasteiger partial charge in [0.2, 0.25) is 0 Å². The highest BCUT2D eigenvalue weighted by Crippen LogP contribution is 2.61. The first-order chi connectivity index (χ1) is 6.25. The molecule has 4 heteroatoms. The van der Waals surface area contributed by atoms with Crippen LogP contribution in [-0.4, -0.2) is 25.0 Å². The Morgan fingerprint density at radius 3 is 1.00 bits per heavy atom.